The van der Waals surface area contributed by atoms with Gasteiger partial charge in [0.2, 0.25) is 10.0 Å². The van der Waals surface area contributed by atoms with E-state index >= 15 is 0 Å². The summed E-state index contributed by atoms with van der Waals surface area (Å²) in [6.45, 7) is 2.65. The molecule has 1 aromatic carbocycles. The van der Waals surface area contributed by atoms with E-state index in [0.29, 0.717) is 6.54 Å². The van der Waals surface area contributed by atoms with Crippen molar-refractivity contribution in [3.63, 3.8) is 0 Å². The van der Waals surface area contributed by atoms with Crippen molar-refractivity contribution in [2.75, 3.05) is 6.54 Å². The van der Waals surface area contributed by atoms with E-state index in [0.717, 1.165) is 19.3 Å². The van der Waals surface area contributed by atoms with Gasteiger partial charge in [0.25, 0.3) is 0 Å². The summed E-state index contributed by atoms with van der Waals surface area (Å²) in [7, 11) is -3.57. The zero-order valence-electron chi connectivity index (χ0n) is 16.5. The largest absolute Gasteiger partial charge is 0.768 e. The first-order valence-electron chi connectivity index (χ1n) is 10.2. The lowest BCUT2D eigenvalue weighted by Crippen LogP contribution is -2.24. The maximum absolute atomic E-state index is 12.1. The first-order chi connectivity index (χ1) is 13.0. The molecule has 0 spiro atoms. The second-order valence-electron chi connectivity index (χ2n) is 6.99. The van der Waals surface area contributed by atoms with E-state index in [2.05, 4.69) is 11.6 Å². The summed E-state index contributed by atoms with van der Waals surface area (Å²) in [6.07, 6.45) is 14.9. The van der Waals surface area contributed by atoms with Crippen LogP contribution >= 0.6 is 0 Å². The van der Waals surface area contributed by atoms with E-state index < -0.39 is 21.1 Å². The van der Waals surface area contributed by atoms with Crippen molar-refractivity contribution in [2.24, 2.45) is 0 Å². The van der Waals surface area contributed by atoms with Crippen LogP contribution in [0, 0.1) is 0 Å². The van der Waals surface area contributed by atoms with Gasteiger partial charge in [-0.2, -0.15) is 0 Å². The number of sulfonamides is 1. The maximum Gasteiger partial charge on any atom is 0.240 e. The summed E-state index contributed by atoms with van der Waals surface area (Å²) in [4.78, 5) is 0.172. The van der Waals surface area contributed by atoms with Gasteiger partial charge in [-0.1, -0.05) is 77.6 Å². The lowest BCUT2D eigenvalue weighted by molar-refractivity contribution is 0.536. The molecule has 0 aliphatic carbocycles. The Hall–Kier alpha value is -0.760. The molecule has 27 heavy (non-hydrogen) atoms. The van der Waals surface area contributed by atoms with Gasteiger partial charge in [0.05, 0.1) is 4.90 Å². The molecular formula is C20H34NO4S2-. The normalized spacial score (nSPS) is 13.0. The predicted octanol–water partition coefficient (Wildman–Crippen LogP) is 4.90. The highest BCUT2D eigenvalue weighted by molar-refractivity contribution is 7.89. The molecule has 1 rings (SSSR count). The highest BCUT2D eigenvalue weighted by atomic mass is 32.2. The number of hydrogen-bond acceptors (Lipinski definition) is 4. The average Bonchev–Trinajstić information content (AvgIpc) is 2.65. The smallest absolute Gasteiger partial charge is 0.240 e. The van der Waals surface area contributed by atoms with Crippen LogP contribution in [0.2, 0.25) is 0 Å². The van der Waals surface area contributed by atoms with Crippen molar-refractivity contribution in [3.8, 4) is 0 Å². The minimum absolute atomic E-state index is 0.0786. The second-order valence-corrected chi connectivity index (χ2v) is 9.70. The molecule has 0 radical (unpaired) electrons. The van der Waals surface area contributed by atoms with E-state index in [4.69, 9.17) is 0 Å². The van der Waals surface area contributed by atoms with Crippen LogP contribution in [-0.2, 0) is 21.1 Å². The molecule has 156 valence electrons. The molecule has 0 saturated heterocycles. The van der Waals surface area contributed by atoms with E-state index in [1.165, 1.54) is 82.1 Å². The Morgan fingerprint density at radius 2 is 1.26 bits per heavy atom. The fourth-order valence-electron chi connectivity index (χ4n) is 2.99. The first-order valence-corrected chi connectivity index (χ1v) is 12.7. The van der Waals surface area contributed by atoms with Gasteiger partial charge in [-0.25, -0.2) is 13.1 Å². The lowest BCUT2D eigenvalue weighted by Gasteiger charge is -2.09. The Morgan fingerprint density at radius 1 is 0.815 bits per heavy atom. The summed E-state index contributed by atoms with van der Waals surface area (Å²) >= 11 is -2.34. The van der Waals surface area contributed by atoms with E-state index in [1.807, 2.05) is 0 Å². The molecule has 0 aliphatic heterocycles. The van der Waals surface area contributed by atoms with Crippen molar-refractivity contribution < 1.29 is 17.2 Å². The number of rotatable bonds is 16. The standard InChI is InChI=1S/C20H35NO4S2/c1-2-3-4-5-6-7-8-9-10-11-12-13-18-21-27(24,25)20-16-14-19(15-17-20)26(22)23/h14-17,21H,2-13,18H2,1H3,(H,22,23)/p-1. The van der Waals surface area contributed by atoms with Gasteiger partial charge in [-0.3, -0.25) is 4.21 Å². The third-order valence-electron chi connectivity index (χ3n) is 4.65. The highest BCUT2D eigenvalue weighted by Gasteiger charge is 2.12. The number of unbranched alkanes of at least 4 members (excludes halogenated alkanes) is 11. The van der Waals surface area contributed by atoms with Gasteiger partial charge >= 0.3 is 0 Å². The van der Waals surface area contributed by atoms with Crippen LogP contribution in [0.25, 0.3) is 0 Å². The van der Waals surface area contributed by atoms with Crippen molar-refractivity contribution in [3.05, 3.63) is 24.3 Å². The molecule has 0 aliphatic rings. The molecule has 0 amide bonds. The van der Waals surface area contributed by atoms with Crippen molar-refractivity contribution >= 4 is 21.1 Å². The predicted molar refractivity (Wildman–Crippen MR) is 110 cm³/mol. The van der Waals surface area contributed by atoms with Gasteiger partial charge in [0, 0.05) is 11.4 Å². The monoisotopic (exact) mass is 416 g/mol. The number of benzene rings is 1. The summed E-state index contributed by atoms with van der Waals surface area (Å²) in [5.74, 6) is 0. The molecule has 0 bridgehead atoms. The van der Waals surface area contributed by atoms with E-state index in [-0.39, 0.29) is 9.79 Å². The molecule has 7 heteroatoms. The van der Waals surface area contributed by atoms with Gasteiger partial charge in [-0.05, 0) is 41.8 Å². The SMILES string of the molecule is CCCCCCCCCCCCCCNS(=O)(=O)c1ccc(S(=O)[O-])cc1. The van der Waals surface area contributed by atoms with Gasteiger partial charge in [0.15, 0.2) is 0 Å². The molecule has 0 saturated carbocycles. The molecule has 5 nitrogen and oxygen atoms in total. The summed E-state index contributed by atoms with van der Waals surface area (Å²) in [6, 6.07) is 5.22. The van der Waals surface area contributed by atoms with Crippen LogP contribution in [0.3, 0.4) is 0 Å². The Morgan fingerprint density at radius 3 is 1.70 bits per heavy atom. The van der Waals surface area contributed by atoms with E-state index in [9.17, 15) is 17.2 Å². The minimum Gasteiger partial charge on any atom is -0.768 e. The molecule has 1 unspecified atom stereocenters. The maximum atomic E-state index is 12.1. The topological polar surface area (TPSA) is 86.3 Å². The first kappa shape index (κ1) is 24.3. The fraction of sp³-hybridized carbons (Fsp3) is 0.700. The van der Waals surface area contributed by atoms with Crippen LogP contribution in [0.1, 0.15) is 84.0 Å². The Kier molecular flexibility index (Phi) is 12.8. The molecule has 1 atom stereocenters. The molecular weight excluding hydrogens is 382 g/mol. The summed E-state index contributed by atoms with van der Waals surface area (Å²) in [5, 5.41) is 0. The zero-order valence-corrected chi connectivity index (χ0v) is 18.1. The van der Waals surface area contributed by atoms with Crippen LogP contribution in [0.15, 0.2) is 34.1 Å². The van der Waals surface area contributed by atoms with Crippen molar-refractivity contribution in [1.29, 1.82) is 0 Å². The molecule has 0 aromatic heterocycles. The Labute approximate surface area is 167 Å². The van der Waals surface area contributed by atoms with Crippen LogP contribution in [-0.4, -0.2) is 23.7 Å². The zero-order chi connectivity index (χ0) is 20.0. The number of nitrogens with one attached hydrogen (secondary N) is 1. The van der Waals surface area contributed by atoms with Gasteiger partial charge < -0.3 is 4.55 Å². The minimum atomic E-state index is -3.57. The highest BCUT2D eigenvalue weighted by Crippen LogP contribution is 2.14. The molecule has 0 fully saturated rings. The van der Waals surface area contributed by atoms with Crippen molar-refractivity contribution in [2.45, 2.75) is 93.8 Å². The van der Waals surface area contributed by atoms with Crippen LogP contribution in [0.4, 0.5) is 0 Å². The quantitative estimate of drug-likeness (QED) is 0.307. The Bertz CT molecular complexity index is 630. The average molecular weight is 417 g/mol. The summed E-state index contributed by atoms with van der Waals surface area (Å²) in [5.41, 5.74) is 0. The third kappa shape index (κ3) is 11.0. The van der Waals surface area contributed by atoms with Crippen LogP contribution in [0.5, 0.6) is 0 Å². The lowest BCUT2D eigenvalue weighted by atomic mass is 10.1. The Balaban J connectivity index is 2.06. The molecule has 1 N–H and O–H groups in total. The van der Waals surface area contributed by atoms with Crippen molar-refractivity contribution in [1.82, 2.24) is 4.72 Å². The number of hydrogen-bond donors (Lipinski definition) is 1. The second kappa shape index (κ2) is 14.3. The van der Waals surface area contributed by atoms with Gasteiger partial charge in [-0.15, -0.1) is 0 Å². The fourth-order valence-corrected chi connectivity index (χ4v) is 4.42. The van der Waals surface area contributed by atoms with Gasteiger partial charge in [0.1, 0.15) is 0 Å². The summed E-state index contributed by atoms with van der Waals surface area (Å²) < 4.78 is 48.5. The van der Waals surface area contributed by atoms with E-state index in [1.54, 1.807) is 0 Å². The molecule has 1 aromatic rings. The third-order valence-corrected chi connectivity index (χ3v) is 6.78. The molecule has 0 heterocycles. The van der Waals surface area contributed by atoms with Crippen LogP contribution < -0.4 is 4.72 Å².